The number of benzene rings is 5. The Bertz CT molecular complexity index is 1820. The Hall–Kier alpha value is -4.98. The van der Waals surface area contributed by atoms with Crippen molar-refractivity contribution < 1.29 is 14.4 Å². The first-order valence-electron chi connectivity index (χ1n) is 15.9. The second-order valence-corrected chi connectivity index (χ2v) is 12.2. The summed E-state index contributed by atoms with van der Waals surface area (Å²) in [4.78, 5) is 46.2. The van der Waals surface area contributed by atoms with Crippen molar-refractivity contribution in [3.05, 3.63) is 155 Å². The Kier molecular flexibility index (Phi) is 10.3. The number of hydrogen-bond donors (Lipinski definition) is 1. The van der Waals surface area contributed by atoms with Gasteiger partial charge in [0.25, 0.3) is 5.91 Å². The van der Waals surface area contributed by atoms with E-state index >= 15 is 0 Å². The van der Waals surface area contributed by atoms with Crippen LogP contribution in [0.2, 0.25) is 5.02 Å². The Morgan fingerprint density at radius 3 is 2.00 bits per heavy atom. The van der Waals surface area contributed by atoms with Crippen LogP contribution in [0.15, 0.2) is 127 Å². The van der Waals surface area contributed by atoms with Gasteiger partial charge in [0.15, 0.2) is 0 Å². The van der Waals surface area contributed by atoms with E-state index in [0.717, 1.165) is 21.9 Å². The number of fused-ring (bicyclic) bond motifs is 1. The second kappa shape index (κ2) is 15.1. The van der Waals surface area contributed by atoms with Crippen LogP contribution in [0.4, 0.5) is 0 Å². The number of hydrogen-bond acceptors (Lipinski definition) is 4. The highest BCUT2D eigenvalue weighted by Gasteiger charge is 2.30. The average molecular weight is 645 g/mol. The first kappa shape index (κ1) is 32.0. The number of piperazine rings is 1. The first-order valence-corrected chi connectivity index (χ1v) is 16.2. The smallest absolute Gasteiger partial charge is 0.254 e. The molecule has 0 spiro atoms. The molecule has 0 aliphatic carbocycles. The predicted octanol–water partition coefficient (Wildman–Crippen LogP) is 6.19. The van der Waals surface area contributed by atoms with E-state index in [1.165, 1.54) is 10.5 Å². The zero-order valence-corrected chi connectivity index (χ0v) is 26.9. The van der Waals surface area contributed by atoms with Crippen LogP contribution in [0.25, 0.3) is 10.8 Å². The van der Waals surface area contributed by atoms with Crippen LogP contribution in [0, 0.1) is 0 Å². The Morgan fingerprint density at radius 1 is 0.681 bits per heavy atom. The summed E-state index contributed by atoms with van der Waals surface area (Å²) in [6.07, 6.45) is 0. The largest absolute Gasteiger partial charge is 0.350 e. The van der Waals surface area contributed by atoms with E-state index in [1.54, 1.807) is 11.0 Å². The fraction of sp³-hybridized carbons (Fsp3) is 0.205. The van der Waals surface area contributed by atoms with E-state index in [9.17, 15) is 14.4 Å². The molecule has 1 aliphatic rings. The summed E-state index contributed by atoms with van der Waals surface area (Å²) in [6.45, 7) is 2.25. The molecule has 0 radical (unpaired) electrons. The number of rotatable bonds is 10. The van der Waals surface area contributed by atoms with Gasteiger partial charge in [0.05, 0.1) is 6.04 Å². The van der Waals surface area contributed by atoms with Crippen molar-refractivity contribution >= 4 is 40.1 Å². The summed E-state index contributed by atoms with van der Waals surface area (Å²) in [5, 5.41) is 5.52. The maximum Gasteiger partial charge on any atom is 0.254 e. The van der Waals surface area contributed by atoms with Crippen molar-refractivity contribution in [2.24, 2.45) is 0 Å². The molecule has 1 saturated heterocycles. The topological polar surface area (TPSA) is 73.0 Å². The van der Waals surface area contributed by atoms with E-state index in [2.05, 4.69) is 34.5 Å². The fourth-order valence-corrected chi connectivity index (χ4v) is 6.24. The SMILES string of the molecule is O=C(CN(CC(=O)N1CCN(C(c2ccccc2)c2ccc(Cl)cc2)CC1)C(=O)c1ccc2ccccc2c1)NCc1ccccc1. The van der Waals surface area contributed by atoms with Crippen LogP contribution >= 0.6 is 11.6 Å². The predicted molar refractivity (Wildman–Crippen MR) is 186 cm³/mol. The number of nitrogens with zero attached hydrogens (tertiary/aromatic N) is 3. The molecule has 1 fully saturated rings. The Morgan fingerprint density at radius 2 is 1.30 bits per heavy atom. The Labute approximate surface area is 280 Å². The van der Waals surface area contributed by atoms with Crippen molar-refractivity contribution in [3.8, 4) is 0 Å². The number of nitrogens with one attached hydrogen (secondary N) is 1. The standard InChI is InChI=1S/C39H37ClN4O3/c40-35-19-17-32(18-20-35)38(31-12-5-2-6-13-31)43-23-21-42(22-24-43)37(46)28-44(27-36(45)41-26-29-9-3-1-4-10-29)39(47)34-16-15-30-11-7-8-14-33(30)25-34/h1-20,25,38H,21-24,26-28H2,(H,41,45). The maximum atomic E-state index is 13.9. The highest BCUT2D eigenvalue weighted by Crippen LogP contribution is 2.30. The number of amides is 3. The van der Waals surface area contributed by atoms with Gasteiger partial charge in [-0.25, -0.2) is 0 Å². The minimum Gasteiger partial charge on any atom is -0.350 e. The Balaban J connectivity index is 1.15. The first-order chi connectivity index (χ1) is 22.9. The van der Waals surface area contributed by atoms with Gasteiger partial charge in [0, 0.05) is 43.3 Å². The summed E-state index contributed by atoms with van der Waals surface area (Å²) in [7, 11) is 0. The normalized spacial score (nSPS) is 14.0. The van der Waals surface area contributed by atoms with Gasteiger partial charge in [-0.05, 0) is 51.7 Å². The summed E-state index contributed by atoms with van der Waals surface area (Å²) in [5.41, 5.74) is 3.69. The van der Waals surface area contributed by atoms with Crippen LogP contribution in [-0.4, -0.2) is 71.7 Å². The van der Waals surface area contributed by atoms with Gasteiger partial charge in [0.1, 0.15) is 13.1 Å². The van der Waals surface area contributed by atoms with E-state index in [1.807, 2.05) is 97.1 Å². The molecule has 3 amide bonds. The van der Waals surface area contributed by atoms with Crippen molar-refractivity contribution in [2.75, 3.05) is 39.3 Å². The summed E-state index contributed by atoms with van der Waals surface area (Å²) < 4.78 is 0. The molecular formula is C39H37ClN4O3. The molecule has 47 heavy (non-hydrogen) atoms. The summed E-state index contributed by atoms with van der Waals surface area (Å²) >= 11 is 6.20. The van der Waals surface area contributed by atoms with Crippen LogP contribution in [0.5, 0.6) is 0 Å². The fourth-order valence-electron chi connectivity index (χ4n) is 6.12. The van der Waals surface area contributed by atoms with E-state index in [0.29, 0.717) is 43.3 Å². The lowest BCUT2D eigenvalue weighted by atomic mass is 9.96. The van der Waals surface area contributed by atoms with E-state index in [-0.39, 0.29) is 36.9 Å². The molecule has 0 saturated carbocycles. The van der Waals surface area contributed by atoms with Crippen molar-refractivity contribution in [2.45, 2.75) is 12.6 Å². The highest BCUT2D eigenvalue weighted by molar-refractivity contribution is 6.30. The molecule has 1 N–H and O–H groups in total. The quantitative estimate of drug-likeness (QED) is 0.197. The van der Waals surface area contributed by atoms with E-state index in [4.69, 9.17) is 11.6 Å². The summed E-state index contributed by atoms with van der Waals surface area (Å²) in [5.74, 6) is -0.865. The molecule has 5 aromatic rings. The molecule has 238 valence electrons. The lowest BCUT2D eigenvalue weighted by Gasteiger charge is -2.40. The number of carbonyl (C=O) groups excluding carboxylic acids is 3. The zero-order valence-electron chi connectivity index (χ0n) is 26.1. The third-order valence-electron chi connectivity index (χ3n) is 8.61. The molecule has 5 aromatic carbocycles. The zero-order chi connectivity index (χ0) is 32.6. The molecule has 1 atom stereocenters. The molecule has 1 unspecified atom stereocenters. The lowest BCUT2D eigenvalue weighted by Crippen LogP contribution is -2.53. The molecule has 1 aliphatic heterocycles. The lowest BCUT2D eigenvalue weighted by molar-refractivity contribution is -0.134. The summed E-state index contributed by atoms with van der Waals surface area (Å²) in [6, 6.07) is 41.1. The van der Waals surface area contributed by atoms with Gasteiger partial charge in [-0.1, -0.05) is 115 Å². The average Bonchev–Trinajstić information content (AvgIpc) is 3.12. The van der Waals surface area contributed by atoms with Gasteiger partial charge >= 0.3 is 0 Å². The molecule has 8 heteroatoms. The van der Waals surface area contributed by atoms with Crippen LogP contribution in [0.3, 0.4) is 0 Å². The monoisotopic (exact) mass is 644 g/mol. The van der Waals surface area contributed by atoms with E-state index < -0.39 is 0 Å². The van der Waals surface area contributed by atoms with Gasteiger partial charge < -0.3 is 15.1 Å². The molecule has 1 heterocycles. The van der Waals surface area contributed by atoms with Gasteiger partial charge in [-0.2, -0.15) is 0 Å². The molecular weight excluding hydrogens is 608 g/mol. The van der Waals surface area contributed by atoms with Gasteiger partial charge in [0.2, 0.25) is 11.8 Å². The molecule has 7 nitrogen and oxygen atoms in total. The van der Waals surface area contributed by atoms with Crippen molar-refractivity contribution in [1.82, 2.24) is 20.0 Å². The molecule has 6 rings (SSSR count). The third-order valence-corrected chi connectivity index (χ3v) is 8.86. The minimum atomic E-state index is -0.357. The third kappa shape index (κ3) is 8.06. The van der Waals surface area contributed by atoms with Crippen LogP contribution < -0.4 is 5.32 Å². The van der Waals surface area contributed by atoms with Crippen LogP contribution in [0.1, 0.15) is 33.1 Å². The maximum absolute atomic E-state index is 13.9. The van der Waals surface area contributed by atoms with Gasteiger partial charge in [-0.15, -0.1) is 0 Å². The number of carbonyl (C=O) groups is 3. The second-order valence-electron chi connectivity index (χ2n) is 11.8. The highest BCUT2D eigenvalue weighted by atomic mass is 35.5. The molecule has 0 aromatic heterocycles. The number of halogens is 1. The van der Waals surface area contributed by atoms with Crippen molar-refractivity contribution in [3.63, 3.8) is 0 Å². The molecule has 0 bridgehead atoms. The van der Waals surface area contributed by atoms with Crippen molar-refractivity contribution in [1.29, 1.82) is 0 Å². The van der Waals surface area contributed by atoms with Gasteiger partial charge in [-0.3, -0.25) is 19.3 Å². The van der Waals surface area contributed by atoms with Crippen LogP contribution in [-0.2, 0) is 16.1 Å². The minimum absolute atomic E-state index is 0.0185.